The van der Waals surface area contributed by atoms with Crippen LogP contribution in [-0.2, 0) is 13.1 Å². The number of nitrogens with one attached hydrogen (secondary N) is 1. The molecule has 0 aliphatic carbocycles. The van der Waals surface area contributed by atoms with E-state index < -0.39 is 0 Å². The molecule has 0 saturated heterocycles. The van der Waals surface area contributed by atoms with Crippen LogP contribution in [0.4, 0.5) is 5.95 Å². The fourth-order valence-electron chi connectivity index (χ4n) is 1.68. The smallest absolute Gasteiger partial charge is 0.243 e. The van der Waals surface area contributed by atoms with Crippen molar-refractivity contribution in [3.05, 3.63) is 29.8 Å². The van der Waals surface area contributed by atoms with Crippen molar-refractivity contribution in [2.45, 2.75) is 40.0 Å². The molecule has 6 nitrogen and oxygen atoms in total. The van der Waals surface area contributed by atoms with Crippen LogP contribution in [-0.4, -0.2) is 26.3 Å². The van der Waals surface area contributed by atoms with Crippen LogP contribution in [0, 0.1) is 0 Å². The van der Waals surface area contributed by atoms with E-state index in [9.17, 15) is 0 Å². The zero-order valence-corrected chi connectivity index (χ0v) is 11.5. The van der Waals surface area contributed by atoms with Crippen LogP contribution >= 0.6 is 0 Å². The first-order chi connectivity index (χ1) is 9.19. The van der Waals surface area contributed by atoms with E-state index in [4.69, 9.17) is 4.74 Å². The Morgan fingerprint density at radius 1 is 1.26 bits per heavy atom. The Morgan fingerprint density at radius 2 is 2.00 bits per heavy atom. The highest BCUT2D eigenvalue weighted by molar-refractivity contribution is 5.31. The predicted octanol–water partition coefficient (Wildman–Crippen LogP) is 2.09. The Hall–Kier alpha value is -2.11. The quantitative estimate of drug-likeness (QED) is 0.862. The summed E-state index contributed by atoms with van der Waals surface area (Å²) in [6.45, 7) is 7.46. The van der Waals surface area contributed by atoms with Crippen molar-refractivity contribution >= 4 is 5.95 Å². The summed E-state index contributed by atoms with van der Waals surface area (Å²) >= 11 is 0. The second-order valence-corrected chi connectivity index (χ2v) is 4.48. The Morgan fingerprint density at radius 3 is 2.63 bits per heavy atom. The van der Waals surface area contributed by atoms with Gasteiger partial charge in [-0.1, -0.05) is 17.2 Å². The Bertz CT molecular complexity index is 506. The van der Waals surface area contributed by atoms with Gasteiger partial charge in [-0.25, -0.2) is 4.68 Å². The minimum absolute atomic E-state index is 0.193. The van der Waals surface area contributed by atoms with Crippen molar-refractivity contribution in [2.24, 2.45) is 0 Å². The molecule has 1 aromatic heterocycles. The van der Waals surface area contributed by atoms with Crippen LogP contribution in [0.2, 0.25) is 0 Å². The molecule has 102 valence electrons. The third-order valence-electron chi connectivity index (χ3n) is 2.58. The molecule has 19 heavy (non-hydrogen) atoms. The highest BCUT2D eigenvalue weighted by Gasteiger charge is 2.03. The highest BCUT2D eigenvalue weighted by atomic mass is 16.5. The minimum Gasteiger partial charge on any atom is -0.491 e. The third kappa shape index (κ3) is 3.67. The number of ether oxygens (including phenoxy) is 1. The molecule has 6 heteroatoms. The van der Waals surface area contributed by atoms with Crippen LogP contribution in [0.25, 0.3) is 0 Å². The van der Waals surface area contributed by atoms with E-state index in [2.05, 4.69) is 20.8 Å². The lowest BCUT2D eigenvalue weighted by Crippen LogP contribution is -2.08. The molecule has 1 heterocycles. The zero-order valence-electron chi connectivity index (χ0n) is 11.5. The molecule has 0 bridgehead atoms. The van der Waals surface area contributed by atoms with Crippen molar-refractivity contribution in [1.82, 2.24) is 20.2 Å². The Balaban J connectivity index is 1.93. The van der Waals surface area contributed by atoms with Crippen molar-refractivity contribution in [3.8, 4) is 5.75 Å². The van der Waals surface area contributed by atoms with Crippen molar-refractivity contribution in [1.29, 1.82) is 0 Å². The van der Waals surface area contributed by atoms with E-state index in [1.807, 2.05) is 45.0 Å². The molecular weight excluding hydrogens is 242 g/mol. The van der Waals surface area contributed by atoms with Crippen LogP contribution in [0.1, 0.15) is 26.3 Å². The summed E-state index contributed by atoms with van der Waals surface area (Å²) in [6, 6.07) is 8.01. The maximum Gasteiger partial charge on any atom is 0.243 e. The SMILES string of the molecule is CCn1nnnc1NCc1ccc(OC(C)C)cc1. The lowest BCUT2D eigenvalue weighted by atomic mass is 10.2. The molecular formula is C13H19N5O. The van der Waals surface area contributed by atoms with E-state index >= 15 is 0 Å². The van der Waals surface area contributed by atoms with Gasteiger partial charge in [-0.05, 0) is 48.9 Å². The van der Waals surface area contributed by atoms with Crippen LogP contribution < -0.4 is 10.1 Å². The second kappa shape index (κ2) is 6.17. The Kier molecular flexibility index (Phi) is 4.33. The van der Waals surface area contributed by atoms with Crippen LogP contribution in [0.3, 0.4) is 0 Å². The largest absolute Gasteiger partial charge is 0.491 e. The number of aromatic nitrogens is 4. The summed E-state index contributed by atoms with van der Waals surface area (Å²) < 4.78 is 7.32. The number of aryl methyl sites for hydroxylation is 1. The van der Waals surface area contributed by atoms with E-state index in [0.717, 1.165) is 17.9 Å². The molecule has 0 spiro atoms. The van der Waals surface area contributed by atoms with Gasteiger partial charge in [-0.3, -0.25) is 0 Å². The molecule has 2 rings (SSSR count). The van der Waals surface area contributed by atoms with Gasteiger partial charge in [0.25, 0.3) is 0 Å². The average Bonchev–Trinajstić information content (AvgIpc) is 2.84. The van der Waals surface area contributed by atoms with Gasteiger partial charge in [0.1, 0.15) is 5.75 Å². The lowest BCUT2D eigenvalue weighted by Gasteiger charge is -2.10. The van der Waals surface area contributed by atoms with Crippen molar-refractivity contribution in [2.75, 3.05) is 5.32 Å². The summed E-state index contributed by atoms with van der Waals surface area (Å²) in [6.07, 6.45) is 0.193. The molecule has 1 N–H and O–H groups in total. The highest BCUT2D eigenvalue weighted by Crippen LogP contribution is 2.14. The average molecular weight is 261 g/mol. The number of tetrazole rings is 1. The fraction of sp³-hybridized carbons (Fsp3) is 0.462. The summed E-state index contributed by atoms with van der Waals surface area (Å²) in [7, 11) is 0. The van der Waals surface area contributed by atoms with E-state index in [1.54, 1.807) is 4.68 Å². The first-order valence-electron chi connectivity index (χ1n) is 6.44. The number of hydrogen-bond donors (Lipinski definition) is 1. The summed E-state index contributed by atoms with van der Waals surface area (Å²) in [5.41, 5.74) is 1.15. The van der Waals surface area contributed by atoms with Crippen LogP contribution in [0.15, 0.2) is 24.3 Å². The molecule has 0 saturated carbocycles. The van der Waals surface area contributed by atoms with Gasteiger partial charge in [0, 0.05) is 13.1 Å². The van der Waals surface area contributed by atoms with Gasteiger partial charge in [0.15, 0.2) is 0 Å². The second-order valence-electron chi connectivity index (χ2n) is 4.48. The van der Waals surface area contributed by atoms with E-state index in [0.29, 0.717) is 12.5 Å². The fourth-order valence-corrected chi connectivity index (χ4v) is 1.68. The lowest BCUT2D eigenvalue weighted by molar-refractivity contribution is 0.242. The van der Waals surface area contributed by atoms with Gasteiger partial charge < -0.3 is 10.1 Å². The molecule has 0 fully saturated rings. The molecule has 0 aliphatic heterocycles. The monoisotopic (exact) mass is 261 g/mol. The number of hydrogen-bond acceptors (Lipinski definition) is 5. The van der Waals surface area contributed by atoms with Gasteiger partial charge >= 0.3 is 0 Å². The van der Waals surface area contributed by atoms with Gasteiger partial charge in [0.2, 0.25) is 5.95 Å². The van der Waals surface area contributed by atoms with Gasteiger partial charge in [-0.15, -0.1) is 0 Å². The topological polar surface area (TPSA) is 64.9 Å². The normalized spacial score (nSPS) is 10.7. The maximum atomic E-state index is 5.60. The van der Waals surface area contributed by atoms with Gasteiger partial charge in [-0.2, -0.15) is 0 Å². The number of nitrogens with zero attached hydrogens (tertiary/aromatic N) is 4. The molecule has 0 radical (unpaired) electrons. The minimum atomic E-state index is 0.193. The van der Waals surface area contributed by atoms with E-state index in [1.165, 1.54) is 0 Å². The summed E-state index contributed by atoms with van der Waals surface area (Å²) in [5, 5.41) is 14.6. The predicted molar refractivity (Wildman–Crippen MR) is 73.0 cm³/mol. The number of rotatable bonds is 6. The number of benzene rings is 1. The molecule has 1 aromatic carbocycles. The van der Waals surface area contributed by atoms with E-state index in [-0.39, 0.29) is 6.10 Å². The molecule has 0 unspecified atom stereocenters. The molecule has 2 aromatic rings. The van der Waals surface area contributed by atoms with Crippen molar-refractivity contribution in [3.63, 3.8) is 0 Å². The maximum absolute atomic E-state index is 5.60. The molecule has 0 amide bonds. The summed E-state index contributed by atoms with van der Waals surface area (Å²) in [5.74, 6) is 1.57. The first-order valence-corrected chi connectivity index (χ1v) is 6.44. The Labute approximate surface area is 112 Å². The van der Waals surface area contributed by atoms with Gasteiger partial charge in [0.05, 0.1) is 6.10 Å². The van der Waals surface area contributed by atoms with Crippen molar-refractivity contribution < 1.29 is 4.74 Å². The summed E-state index contributed by atoms with van der Waals surface area (Å²) in [4.78, 5) is 0. The number of anilines is 1. The third-order valence-corrected chi connectivity index (χ3v) is 2.58. The first kappa shape index (κ1) is 13.3. The zero-order chi connectivity index (χ0) is 13.7. The molecule has 0 aliphatic rings. The molecule has 0 atom stereocenters. The standard InChI is InChI=1S/C13H19N5O/c1-4-18-13(15-16-17-18)14-9-11-5-7-12(8-6-11)19-10(2)3/h5-8,10H,4,9H2,1-3H3,(H,14,15,17). The van der Waals surface area contributed by atoms with Crippen LogP contribution in [0.5, 0.6) is 5.75 Å².